The molecule has 0 saturated carbocycles. The quantitative estimate of drug-likeness (QED) is 0.752. The summed E-state index contributed by atoms with van der Waals surface area (Å²) in [5.41, 5.74) is 1.36. The van der Waals surface area contributed by atoms with Crippen LogP contribution in [0.2, 0.25) is 0 Å². The average Bonchev–Trinajstić information content (AvgIpc) is 2.90. The Morgan fingerprint density at radius 1 is 1.47 bits per heavy atom. The van der Waals surface area contributed by atoms with Gasteiger partial charge in [0, 0.05) is 26.4 Å². The predicted octanol–water partition coefficient (Wildman–Crippen LogP) is 1.06. The van der Waals surface area contributed by atoms with Crippen LogP contribution in [0.1, 0.15) is 24.8 Å². The molecule has 1 saturated heterocycles. The minimum atomic E-state index is 0.326. The number of unbranched alkanes of at least 4 members (excludes halogenated alkanes) is 1. The first kappa shape index (κ1) is 12.6. The van der Waals surface area contributed by atoms with Crippen molar-refractivity contribution in [2.75, 3.05) is 26.2 Å². The summed E-state index contributed by atoms with van der Waals surface area (Å²) < 4.78 is 1.88. The van der Waals surface area contributed by atoms with Gasteiger partial charge in [-0.15, -0.1) is 0 Å². The topological polar surface area (TPSA) is 41.3 Å². The van der Waals surface area contributed by atoms with Gasteiger partial charge in [0.15, 0.2) is 0 Å². The molecular weight excluding hydrogens is 214 g/mol. The van der Waals surface area contributed by atoms with Crippen LogP contribution in [0.25, 0.3) is 0 Å². The van der Waals surface area contributed by atoms with Crippen LogP contribution >= 0.6 is 0 Å². The van der Waals surface area contributed by atoms with Gasteiger partial charge < -0.3 is 10.0 Å². The van der Waals surface area contributed by atoms with Gasteiger partial charge in [-0.1, -0.05) is 0 Å². The fourth-order valence-corrected chi connectivity index (χ4v) is 2.64. The van der Waals surface area contributed by atoms with Crippen LogP contribution in [0.4, 0.5) is 0 Å². The van der Waals surface area contributed by atoms with E-state index in [0.29, 0.717) is 6.61 Å². The number of hydrogen-bond donors (Lipinski definition) is 1. The second-order valence-corrected chi connectivity index (χ2v) is 5.11. The Morgan fingerprint density at radius 3 is 3.06 bits per heavy atom. The highest BCUT2D eigenvalue weighted by Gasteiger charge is 2.22. The summed E-state index contributed by atoms with van der Waals surface area (Å²) in [7, 11) is 1.97. The predicted molar refractivity (Wildman–Crippen MR) is 67.8 cm³/mol. The van der Waals surface area contributed by atoms with Gasteiger partial charge in [0.25, 0.3) is 0 Å². The summed E-state index contributed by atoms with van der Waals surface area (Å²) in [5, 5.41) is 13.0. The molecule has 1 atom stereocenters. The van der Waals surface area contributed by atoms with Crippen molar-refractivity contribution in [3.8, 4) is 0 Å². The average molecular weight is 237 g/mol. The molecule has 0 radical (unpaired) electrons. The second kappa shape index (κ2) is 6.17. The van der Waals surface area contributed by atoms with Gasteiger partial charge in [-0.2, -0.15) is 5.10 Å². The fourth-order valence-electron chi connectivity index (χ4n) is 2.64. The summed E-state index contributed by atoms with van der Waals surface area (Å²) in [6, 6.07) is 0. The van der Waals surface area contributed by atoms with Gasteiger partial charge in [-0.05, 0) is 50.3 Å². The number of aryl methyl sites for hydroxylation is 1. The van der Waals surface area contributed by atoms with Crippen molar-refractivity contribution in [2.45, 2.75) is 25.7 Å². The third kappa shape index (κ3) is 3.82. The van der Waals surface area contributed by atoms with Gasteiger partial charge in [-0.3, -0.25) is 4.68 Å². The lowest BCUT2D eigenvalue weighted by atomic mass is 10.0. The van der Waals surface area contributed by atoms with E-state index in [1.807, 2.05) is 17.9 Å². The highest BCUT2D eigenvalue weighted by Crippen LogP contribution is 2.20. The minimum Gasteiger partial charge on any atom is -0.396 e. The zero-order valence-electron chi connectivity index (χ0n) is 10.7. The van der Waals surface area contributed by atoms with E-state index in [0.717, 1.165) is 31.7 Å². The number of aromatic nitrogens is 2. The van der Waals surface area contributed by atoms with E-state index in [4.69, 9.17) is 5.11 Å². The lowest BCUT2D eigenvalue weighted by Crippen LogP contribution is -2.22. The Bertz CT molecular complexity index is 337. The Labute approximate surface area is 103 Å². The monoisotopic (exact) mass is 237 g/mol. The molecule has 0 bridgehead atoms. The molecule has 1 aromatic rings. The molecule has 4 nitrogen and oxygen atoms in total. The molecule has 0 aromatic carbocycles. The van der Waals surface area contributed by atoms with Crippen molar-refractivity contribution in [3.05, 3.63) is 18.0 Å². The van der Waals surface area contributed by atoms with Crippen LogP contribution in [-0.4, -0.2) is 46.0 Å². The number of aliphatic hydroxyl groups is 1. The molecule has 1 fully saturated rings. The van der Waals surface area contributed by atoms with Crippen molar-refractivity contribution < 1.29 is 5.11 Å². The number of aliphatic hydroxyl groups excluding tert-OH is 1. The zero-order chi connectivity index (χ0) is 12.1. The van der Waals surface area contributed by atoms with E-state index in [9.17, 15) is 0 Å². The molecule has 1 aliphatic heterocycles. The highest BCUT2D eigenvalue weighted by molar-refractivity contribution is 5.05. The molecule has 1 N–H and O–H groups in total. The molecule has 1 aliphatic rings. The first-order chi connectivity index (χ1) is 8.28. The van der Waals surface area contributed by atoms with Crippen molar-refractivity contribution in [1.82, 2.24) is 14.7 Å². The second-order valence-electron chi connectivity index (χ2n) is 5.11. The van der Waals surface area contributed by atoms with Gasteiger partial charge in [0.2, 0.25) is 0 Å². The van der Waals surface area contributed by atoms with Gasteiger partial charge >= 0.3 is 0 Å². The first-order valence-electron chi connectivity index (χ1n) is 6.58. The van der Waals surface area contributed by atoms with Crippen molar-refractivity contribution in [2.24, 2.45) is 13.0 Å². The molecule has 1 unspecified atom stereocenters. The molecular formula is C13H23N3O. The summed E-state index contributed by atoms with van der Waals surface area (Å²) in [6.07, 6.45) is 8.61. The summed E-state index contributed by atoms with van der Waals surface area (Å²) in [6.45, 7) is 3.90. The zero-order valence-corrected chi connectivity index (χ0v) is 10.7. The van der Waals surface area contributed by atoms with Crippen molar-refractivity contribution in [3.63, 3.8) is 0 Å². The van der Waals surface area contributed by atoms with E-state index in [2.05, 4.69) is 16.2 Å². The van der Waals surface area contributed by atoms with Crippen LogP contribution in [0, 0.1) is 5.92 Å². The number of nitrogens with zero attached hydrogens (tertiary/aromatic N) is 3. The molecule has 0 amide bonds. The van der Waals surface area contributed by atoms with E-state index in [1.165, 1.54) is 25.1 Å². The van der Waals surface area contributed by atoms with Gasteiger partial charge in [-0.25, -0.2) is 0 Å². The Balaban J connectivity index is 1.70. The Hall–Kier alpha value is -0.870. The summed E-state index contributed by atoms with van der Waals surface area (Å²) in [5.74, 6) is 0.785. The van der Waals surface area contributed by atoms with Crippen LogP contribution in [0.3, 0.4) is 0 Å². The minimum absolute atomic E-state index is 0.326. The third-order valence-corrected chi connectivity index (χ3v) is 3.54. The lowest BCUT2D eigenvalue weighted by Gasteiger charge is -2.15. The molecule has 17 heavy (non-hydrogen) atoms. The maximum absolute atomic E-state index is 8.76. The van der Waals surface area contributed by atoms with Crippen LogP contribution < -0.4 is 0 Å². The lowest BCUT2D eigenvalue weighted by molar-refractivity contribution is 0.261. The van der Waals surface area contributed by atoms with Crippen LogP contribution in [0.5, 0.6) is 0 Å². The van der Waals surface area contributed by atoms with Gasteiger partial charge in [0.1, 0.15) is 0 Å². The fraction of sp³-hybridized carbons (Fsp3) is 0.769. The number of hydrogen-bond acceptors (Lipinski definition) is 3. The molecule has 1 aromatic heterocycles. The Kier molecular flexibility index (Phi) is 4.57. The Morgan fingerprint density at radius 2 is 2.35 bits per heavy atom. The molecule has 2 heterocycles. The third-order valence-electron chi connectivity index (χ3n) is 3.54. The summed E-state index contributed by atoms with van der Waals surface area (Å²) >= 11 is 0. The standard InChI is InChI=1S/C13H23N3O/c1-15-10-13(9-14-15)8-12-4-6-16(11-12)5-2-3-7-17/h9-10,12,17H,2-8,11H2,1H3. The normalized spacial score (nSPS) is 21.2. The highest BCUT2D eigenvalue weighted by atomic mass is 16.2. The molecule has 2 rings (SSSR count). The molecule has 0 aliphatic carbocycles. The van der Waals surface area contributed by atoms with Crippen molar-refractivity contribution >= 4 is 0 Å². The largest absolute Gasteiger partial charge is 0.396 e. The summed E-state index contributed by atoms with van der Waals surface area (Å²) in [4.78, 5) is 2.52. The van der Waals surface area contributed by atoms with Gasteiger partial charge in [0.05, 0.1) is 6.20 Å². The maximum atomic E-state index is 8.76. The van der Waals surface area contributed by atoms with Crippen molar-refractivity contribution in [1.29, 1.82) is 0 Å². The van der Waals surface area contributed by atoms with Crippen LogP contribution in [0.15, 0.2) is 12.4 Å². The SMILES string of the molecule is Cn1cc(CC2CCN(CCCCO)C2)cn1. The van der Waals surface area contributed by atoms with E-state index in [1.54, 1.807) is 0 Å². The smallest absolute Gasteiger partial charge is 0.0521 e. The molecule has 96 valence electrons. The van der Waals surface area contributed by atoms with Crippen LogP contribution in [-0.2, 0) is 13.5 Å². The first-order valence-corrected chi connectivity index (χ1v) is 6.58. The molecule has 0 spiro atoms. The van der Waals surface area contributed by atoms with E-state index < -0.39 is 0 Å². The number of likely N-dealkylation sites (tertiary alicyclic amines) is 1. The van der Waals surface area contributed by atoms with E-state index >= 15 is 0 Å². The molecule has 4 heteroatoms. The van der Waals surface area contributed by atoms with E-state index in [-0.39, 0.29) is 0 Å². The maximum Gasteiger partial charge on any atom is 0.0521 e. The number of rotatable bonds is 6.